The Kier molecular flexibility index (Phi) is 72.5. The molecule has 0 aliphatic carbocycles. The Balaban J connectivity index is 5.24. The number of hydrogen-bond acceptors (Lipinski definition) is 15. The van der Waals surface area contributed by atoms with Gasteiger partial charge < -0.3 is 33.8 Å². The van der Waals surface area contributed by atoms with Crippen LogP contribution in [0.1, 0.15) is 441 Å². The second-order valence-electron chi connectivity index (χ2n) is 32.2. The van der Waals surface area contributed by atoms with Crippen LogP contribution in [0.4, 0.5) is 0 Å². The van der Waals surface area contributed by atoms with Crippen molar-refractivity contribution < 1.29 is 80.2 Å². The van der Waals surface area contributed by atoms with E-state index in [4.69, 9.17) is 37.0 Å². The van der Waals surface area contributed by atoms with Crippen molar-refractivity contribution in [3.8, 4) is 0 Å². The zero-order valence-electron chi connectivity index (χ0n) is 68.7. The molecule has 4 unspecified atom stereocenters. The summed E-state index contributed by atoms with van der Waals surface area (Å²) in [4.78, 5) is 73.2. The first kappa shape index (κ1) is 102. The van der Waals surface area contributed by atoms with Crippen molar-refractivity contribution in [3.63, 3.8) is 0 Å². The molecule has 618 valence electrons. The average Bonchev–Trinajstić information content (AvgIpc) is 0.903. The lowest BCUT2D eigenvalue weighted by molar-refractivity contribution is -0.161. The summed E-state index contributed by atoms with van der Waals surface area (Å²) in [6.45, 7) is 14.3. The highest BCUT2D eigenvalue weighted by Gasteiger charge is 2.30. The Morgan fingerprint density at radius 2 is 0.462 bits per heavy atom. The van der Waals surface area contributed by atoms with Gasteiger partial charge in [0.2, 0.25) is 0 Å². The van der Waals surface area contributed by atoms with Crippen LogP contribution in [0.15, 0.2) is 0 Å². The van der Waals surface area contributed by atoms with E-state index in [1.807, 2.05) is 0 Å². The summed E-state index contributed by atoms with van der Waals surface area (Å²) >= 11 is 0. The molecule has 0 aromatic carbocycles. The molecule has 0 aromatic heterocycles. The summed E-state index contributed by atoms with van der Waals surface area (Å²) in [6.07, 6.45) is 62.5. The van der Waals surface area contributed by atoms with Crippen molar-refractivity contribution in [1.82, 2.24) is 0 Å². The lowest BCUT2D eigenvalue weighted by Gasteiger charge is -2.21. The molecule has 0 aliphatic heterocycles. The summed E-state index contributed by atoms with van der Waals surface area (Å²) in [6, 6.07) is 0. The Morgan fingerprint density at radius 3 is 0.683 bits per heavy atom. The maximum absolute atomic E-state index is 13.1. The van der Waals surface area contributed by atoms with Crippen molar-refractivity contribution in [3.05, 3.63) is 0 Å². The van der Waals surface area contributed by atoms with Crippen molar-refractivity contribution in [2.45, 2.75) is 459 Å². The SMILES string of the molecule is CCC(C)CCCCCCCCCCCCCCCCC(=O)O[C@H](COC(=O)CCCCCCCCCCCCCCCCC(C)C)COP(=O)(O)OCC(O)COP(=O)(O)OC[C@@H](COC(=O)CCCCCCCCCC(C)C)OC(=O)CCCCCCCCCCCCCCCCCCC(C)C. The summed E-state index contributed by atoms with van der Waals surface area (Å²) in [5, 5.41) is 10.7. The smallest absolute Gasteiger partial charge is 0.462 e. The van der Waals surface area contributed by atoms with Gasteiger partial charge in [0, 0.05) is 25.7 Å². The topological polar surface area (TPSA) is 237 Å². The van der Waals surface area contributed by atoms with Gasteiger partial charge in [0.05, 0.1) is 26.4 Å². The highest BCUT2D eigenvalue weighted by Crippen LogP contribution is 2.45. The third-order valence-corrected chi connectivity index (χ3v) is 22.1. The molecule has 19 heteroatoms. The molecule has 0 spiro atoms. The van der Waals surface area contributed by atoms with Gasteiger partial charge in [0.25, 0.3) is 0 Å². The minimum absolute atomic E-state index is 0.107. The van der Waals surface area contributed by atoms with E-state index < -0.39 is 97.5 Å². The highest BCUT2D eigenvalue weighted by molar-refractivity contribution is 7.47. The molecule has 0 aromatic rings. The molecule has 6 atom stereocenters. The van der Waals surface area contributed by atoms with Gasteiger partial charge in [-0.1, -0.05) is 389 Å². The van der Waals surface area contributed by atoms with E-state index in [9.17, 15) is 43.2 Å². The van der Waals surface area contributed by atoms with Crippen molar-refractivity contribution in [1.29, 1.82) is 0 Å². The zero-order valence-corrected chi connectivity index (χ0v) is 70.5. The van der Waals surface area contributed by atoms with Gasteiger partial charge in [-0.3, -0.25) is 37.3 Å². The molecule has 0 radical (unpaired) electrons. The standard InChI is InChI=1S/C85H166O17P2/c1-9-78(8)64-56-48-40-32-26-20-15-17-23-29-35-43-52-60-68-84(89)101-80(71-95-82(87)65-57-49-41-33-27-21-16-14-19-25-31-38-46-54-62-76(4)5)73-99-103(91,92)97-69-79(86)70-98-104(93,94)100-74-81(72-96-83(88)66-58-50-44-36-39-47-55-63-77(6)7)102-85(90)67-59-51-42-34-28-22-13-11-10-12-18-24-30-37-45-53-61-75(2)3/h75-81,86H,9-74H2,1-8H3,(H,91,92)(H,93,94)/t78?,79?,80-,81-/m1/s1. The Morgan fingerprint density at radius 1 is 0.269 bits per heavy atom. The fourth-order valence-corrected chi connectivity index (χ4v) is 14.7. The number of carbonyl (C=O) groups excluding carboxylic acids is 4. The minimum atomic E-state index is -4.97. The van der Waals surface area contributed by atoms with Crippen molar-refractivity contribution >= 4 is 39.5 Å². The summed E-state index contributed by atoms with van der Waals surface area (Å²) in [5.41, 5.74) is 0. The summed E-state index contributed by atoms with van der Waals surface area (Å²) in [5.74, 6) is 1.05. The molecule has 0 fully saturated rings. The van der Waals surface area contributed by atoms with Gasteiger partial charge in [-0.25, -0.2) is 9.13 Å². The minimum Gasteiger partial charge on any atom is -0.462 e. The van der Waals surface area contributed by atoms with Crippen LogP contribution in [0.2, 0.25) is 0 Å². The van der Waals surface area contributed by atoms with Crippen LogP contribution in [-0.4, -0.2) is 96.7 Å². The average molecular weight is 1520 g/mol. The maximum atomic E-state index is 13.1. The number of aliphatic hydroxyl groups excluding tert-OH is 1. The van der Waals surface area contributed by atoms with Crippen LogP contribution in [0.25, 0.3) is 0 Å². The predicted molar refractivity (Wildman–Crippen MR) is 428 cm³/mol. The third kappa shape index (κ3) is 76.8. The number of unbranched alkanes of at least 4 members (excludes halogenated alkanes) is 47. The van der Waals surface area contributed by atoms with Crippen LogP contribution in [0.5, 0.6) is 0 Å². The summed E-state index contributed by atoms with van der Waals surface area (Å²) < 4.78 is 68.9. The predicted octanol–water partition coefficient (Wildman–Crippen LogP) is 25.6. The molecule has 0 rings (SSSR count). The fourth-order valence-electron chi connectivity index (χ4n) is 13.1. The van der Waals surface area contributed by atoms with E-state index in [2.05, 4.69) is 55.4 Å². The van der Waals surface area contributed by atoms with Crippen LogP contribution in [0, 0.1) is 23.7 Å². The van der Waals surface area contributed by atoms with Gasteiger partial charge in [0.1, 0.15) is 19.3 Å². The van der Waals surface area contributed by atoms with Gasteiger partial charge >= 0.3 is 39.5 Å². The molecule has 0 saturated heterocycles. The third-order valence-electron chi connectivity index (χ3n) is 20.2. The Hall–Kier alpha value is -1.94. The highest BCUT2D eigenvalue weighted by atomic mass is 31.2. The maximum Gasteiger partial charge on any atom is 0.472 e. The van der Waals surface area contributed by atoms with E-state index >= 15 is 0 Å². The molecule has 3 N–H and O–H groups in total. The van der Waals surface area contributed by atoms with Gasteiger partial charge in [0.15, 0.2) is 12.2 Å². The van der Waals surface area contributed by atoms with Crippen molar-refractivity contribution in [2.24, 2.45) is 23.7 Å². The van der Waals surface area contributed by atoms with E-state index in [0.717, 1.165) is 114 Å². The first-order valence-electron chi connectivity index (χ1n) is 43.7. The quantitative estimate of drug-likeness (QED) is 0.0222. The number of rotatable bonds is 82. The molecule has 0 aliphatic rings. The second-order valence-corrected chi connectivity index (χ2v) is 35.2. The molecule has 104 heavy (non-hydrogen) atoms. The fraction of sp³-hybridized carbons (Fsp3) is 0.953. The van der Waals surface area contributed by atoms with Gasteiger partial charge in [-0.2, -0.15) is 0 Å². The number of ether oxygens (including phenoxy) is 4. The lowest BCUT2D eigenvalue weighted by Crippen LogP contribution is -2.30. The molecule has 17 nitrogen and oxygen atoms in total. The normalized spacial score (nSPS) is 14.2. The first-order valence-corrected chi connectivity index (χ1v) is 46.7. The van der Waals surface area contributed by atoms with Gasteiger partial charge in [-0.05, 0) is 49.4 Å². The van der Waals surface area contributed by atoms with Crippen LogP contribution < -0.4 is 0 Å². The lowest BCUT2D eigenvalue weighted by atomic mass is 9.99. The number of aliphatic hydroxyl groups is 1. The van der Waals surface area contributed by atoms with Crippen LogP contribution in [0.3, 0.4) is 0 Å². The molecule has 0 saturated carbocycles. The van der Waals surface area contributed by atoms with E-state index in [1.165, 1.54) is 238 Å². The number of phosphoric acid groups is 2. The molecule has 0 amide bonds. The molecule has 0 heterocycles. The molecular weight excluding hydrogens is 1350 g/mol. The zero-order chi connectivity index (χ0) is 76.7. The largest absolute Gasteiger partial charge is 0.472 e. The number of carbonyl (C=O) groups is 4. The van der Waals surface area contributed by atoms with E-state index in [1.54, 1.807) is 0 Å². The second kappa shape index (κ2) is 73.8. The number of esters is 4. The molecule has 0 bridgehead atoms. The molecular formula is C85H166O17P2. The number of hydrogen-bond donors (Lipinski definition) is 3. The summed E-state index contributed by atoms with van der Waals surface area (Å²) in [7, 11) is -9.93. The number of phosphoric ester groups is 2. The Labute approximate surface area is 638 Å². The van der Waals surface area contributed by atoms with E-state index in [-0.39, 0.29) is 25.7 Å². The van der Waals surface area contributed by atoms with E-state index in [0.29, 0.717) is 31.6 Å². The van der Waals surface area contributed by atoms with Crippen molar-refractivity contribution in [2.75, 3.05) is 39.6 Å². The van der Waals surface area contributed by atoms with Crippen LogP contribution >= 0.6 is 15.6 Å². The Bertz CT molecular complexity index is 2030. The van der Waals surface area contributed by atoms with Crippen LogP contribution in [-0.2, 0) is 65.4 Å². The monoisotopic (exact) mass is 1520 g/mol. The first-order chi connectivity index (χ1) is 50.1. The van der Waals surface area contributed by atoms with Gasteiger partial charge in [-0.15, -0.1) is 0 Å².